The lowest BCUT2D eigenvalue weighted by atomic mass is 9.97. The van der Waals surface area contributed by atoms with Crippen LogP contribution in [0.25, 0.3) is 10.8 Å². The number of para-hydroxylation sites is 1. The first-order valence-electron chi connectivity index (χ1n) is 12.1. The molecule has 1 atom stereocenters. The van der Waals surface area contributed by atoms with Gasteiger partial charge < -0.3 is 23.7 Å². The Morgan fingerprint density at radius 1 is 0.917 bits per heavy atom. The first kappa shape index (κ1) is 27.5. The number of carbonyl (C=O) groups is 1. The van der Waals surface area contributed by atoms with Crippen molar-refractivity contribution >= 4 is 28.3 Å². The molecule has 0 aliphatic rings. The summed E-state index contributed by atoms with van der Waals surface area (Å²) in [5.74, 6) is 1.54. The van der Waals surface area contributed by atoms with Gasteiger partial charge in [0, 0.05) is 10.9 Å². The van der Waals surface area contributed by atoms with E-state index in [0.29, 0.717) is 40.3 Å². The Morgan fingerprint density at radius 3 is 2.19 bits per heavy atom. The fraction of sp³-hybridized carbons (Fsp3) is 0.414. The summed E-state index contributed by atoms with van der Waals surface area (Å²) >= 11 is 6.72. The number of methoxy groups -OCH3 is 2. The summed E-state index contributed by atoms with van der Waals surface area (Å²) < 4.78 is 30.0. The third kappa shape index (κ3) is 5.65. The molecular formula is C29H35ClO6. The molecule has 194 valence electrons. The first-order chi connectivity index (χ1) is 17.2. The van der Waals surface area contributed by atoms with Gasteiger partial charge in [0.25, 0.3) is 0 Å². The number of rotatable bonds is 10. The molecule has 0 aliphatic heterocycles. The molecule has 0 aromatic heterocycles. The summed E-state index contributed by atoms with van der Waals surface area (Å²) in [5.41, 5.74) is 0.186. The zero-order chi connectivity index (χ0) is 26.5. The van der Waals surface area contributed by atoms with E-state index in [2.05, 4.69) is 6.92 Å². The Kier molecular flexibility index (Phi) is 8.96. The van der Waals surface area contributed by atoms with E-state index in [4.69, 9.17) is 35.3 Å². The van der Waals surface area contributed by atoms with E-state index in [1.54, 1.807) is 32.9 Å². The van der Waals surface area contributed by atoms with Crippen LogP contribution in [-0.4, -0.2) is 26.8 Å². The van der Waals surface area contributed by atoms with Crippen LogP contribution in [0.15, 0.2) is 42.5 Å². The van der Waals surface area contributed by atoms with Crippen molar-refractivity contribution in [3.8, 4) is 28.7 Å². The van der Waals surface area contributed by atoms with Gasteiger partial charge in [-0.15, -0.1) is 0 Å². The van der Waals surface area contributed by atoms with Gasteiger partial charge in [-0.3, -0.25) is 4.79 Å². The lowest BCUT2D eigenvalue weighted by Crippen LogP contribution is -2.26. The lowest BCUT2D eigenvalue weighted by Gasteiger charge is -2.26. The van der Waals surface area contributed by atoms with Crippen LogP contribution in [0, 0.1) is 5.41 Å². The van der Waals surface area contributed by atoms with Gasteiger partial charge in [0.15, 0.2) is 11.5 Å². The van der Waals surface area contributed by atoms with Gasteiger partial charge in [-0.2, -0.15) is 0 Å². The molecule has 7 heteroatoms. The van der Waals surface area contributed by atoms with Crippen LogP contribution >= 0.6 is 11.6 Å². The van der Waals surface area contributed by atoms with Crippen LogP contribution in [0.5, 0.6) is 28.7 Å². The summed E-state index contributed by atoms with van der Waals surface area (Å²) in [7, 11) is 3.01. The maximum absolute atomic E-state index is 12.9. The van der Waals surface area contributed by atoms with E-state index in [-0.39, 0.29) is 17.6 Å². The molecule has 0 amide bonds. The van der Waals surface area contributed by atoms with Crippen LogP contribution in [0.2, 0.25) is 5.02 Å². The quantitative estimate of drug-likeness (QED) is 0.203. The summed E-state index contributed by atoms with van der Waals surface area (Å²) in [5, 5.41) is 1.58. The van der Waals surface area contributed by atoms with Crippen LogP contribution in [-0.2, 0) is 4.79 Å². The van der Waals surface area contributed by atoms with Gasteiger partial charge >= 0.3 is 5.97 Å². The molecule has 6 nitrogen and oxygen atoms in total. The molecular weight excluding hydrogens is 480 g/mol. The number of ether oxygens (including phenoxy) is 5. The molecule has 3 aromatic rings. The SMILES string of the molecule is CCCOc1ccccc1C(CC)Oc1c(OC)c(OC)c(OC(=O)C(C)(C)C)c2cccc(Cl)c12. The van der Waals surface area contributed by atoms with Gasteiger partial charge in [-0.1, -0.05) is 55.8 Å². The molecule has 0 bridgehead atoms. The fourth-order valence-corrected chi connectivity index (χ4v) is 4.08. The van der Waals surface area contributed by atoms with Gasteiger partial charge in [-0.25, -0.2) is 0 Å². The first-order valence-corrected chi connectivity index (χ1v) is 12.5. The second-order valence-electron chi connectivity index (χ2n) is 9.43. The number of esters is 1. The van der Waals surface area contributed by atoms with Crippen molar-refractivity contribution in [1.82, 2.24) is 0 Å². The largest absolute Gasteiger partial charge is 0.493 e. The second kappa shape index (κ2) is 11.7. The number of hydrogen-bond acceptors (Lipinski definition) is 6. The molecule has 0 radical (unpaired) electrons. The van der Waals surface area contributed by atoms with E-state index in [1.807, 2.05) is 37.3 Å². The topological polar surface area (TPSA) is 63.2 Å². The third-order valence-electron chi connectivity index (χ3n) is 5.68. The Labute approximate surface area is 218 Å². The van der Waals surface area contributed by atoms with Crippen molar-refractivity contribution in [2.45, 2.75) is 53.6 Å². The fourth-order valence-electron chi connectivity index (χ4n) is 3.82. The Balaban J connectivity index is 2.24. The highest BCUT2D eigenvalue weighted by molar-refractivity contribution is 6.36. The number of benzene rings is 3. The van der Waals surface area contributed by atoms with E-state index in [1.165, 1.54) is 14.2 Å². The van der Waals surface area contributed by atoms with Gasteiger partial charge in [0.2, 0.25) is 11.5 Å². The highest BCUT2D eigenvalue weighted by atomic mass is 35.5. The summed E-state index contributed by atoms with van der Waals surface area (Å²) in [4.78, 5) is 12.9. The van der Waals surface area contributed by atoms with Crippen molar-refractivity contribution < 1.29 is 28.5 Å². The molecule has 3 rings (SSSR count). The van der Waals surface area contributed by atoms with Gasteiger partial charge in [0.1, 0.15) is 11.9 Å². The van der Waals surface area contributed by atoms with E-state index >= 15 is 0 Å². The minimum absolute atomic E-state index is 0.235. The predicted octanol–water partition coefficient (Wildman–Crippen LogP) is 7.78. The standard InChI is InChI=1S/C29H35ClO6/c1-8-17-34-22-16-11-10-13-18(22)21(9-2)35-25-23-19(14-12-15-20(23)30)24(26(32-6)27(25)33-7)36-28(31)29(3,4)5/h10-16,21H,8-9,17H2,1-7H3. The van der Waals surface area contributed by atoms with Crippen LogP contribution in [0.3, 0.4) is 0 Å². The highest BCUT2D eigenvalue weighted by Crippen LogP contribution is 2.54. The number of halogens is 1. The molecule has 0 heterocycles. The van der Waals surface area contributed by atoms with Crippen molar-refractivity contribution in [2.75, 3.05) is 20.8 Å². The van der Waals surface area contributed by atoms with E-state index in [9.17, 15) is 4.79 Å². The zero-order valence-corrected chi connectivity index (χ0v) is 22.8. The predicted molar refractivity (Wildman–Crippen MR) is 143 cm³/mol. The van der Waals surface area contributed by atoms with E-state index < -0.39 is 11.4 Å². The molecule has 0 N–H and O–H groups in total. The van der Waals surface area contributed by atoms with Crippen molar-refractivity contribution in [3.05, 3.63) is 53.1 Å². The minimum atomic E-state index is -0.728. The molecule has 0 saturated heterocycles. The Morgan fingerprint density at radius 2 is 1.58 bits per heavy atom. The second-order valence-corrected chi connectivity index (χ2v) is 9.83. The molecule has 3 aromatic carbocycles. The number of carbonyl (C=O) groups excluding carboxylic acids is 1. The van der Waals surface area contributed by atoms with Crippen molar-refractivity contribution in [2.24, 2.45) is 5.41 Å². The third-order valence-corrected chi connectivity index (χ3v) is 5.99. The average molecular weight is 515 g/mol. The van der Waals surface area contributed by atoms with Gasteiger partial charge in [0.05, 0.1) is 36.7 Å². The van der Waals surface area contributed by atoms with E-state index in [0.717, 1.165) is 17.7 Å². The maximum atomic E-state index is 12.9. The van der Waals surface area contributed by atoms with Crippen molar-refractivity contribution in [3.63, 3.8) is 0 Å². The Bertz CT molecular complexity index is 1210. The van der Waals surface area contributed by atoms with Gasteiger partial charge in [-0.05, 0) is 45.7 Å². The molecule has 0 spiro atoms. The molecule has 0 saturated carbocycles. The molecule has 1 unspecified atom stereocenters. The summed E-state index contributed by atoms with van der Waals surface area (Å²) in [6.45, 7) is 10.1. The van der Waals surface area contributed by atoms with Crippen LogP contribution in [0.1, 0.15) is 59.1 Å². The molecule has 0 aliphatic carbocycles. The summed E-state index contributed by atoms with van der Waals surface area (Å²) in [6, 6.07) is 13.2. The molecule has 0 fully saturated rings. The minimum Gasteiger partial charge on any atom is -0.493 e. The zero-order valence-electron chi connectivity index (χ0n) is 22.1. The van der Waals surface area contributed by atoms with Crippen LogP contribution in [0.4, 0.5) is 0 Å². The summed E-state index contributed by atoms with van der Waals surface area (Å²) in [6.07, 6.45) is 1.19. The number of fused-ring (bicyclic) bond motifs is 1. The number of hydrogen-bond donors (Lipinski definition) is 0. The molecule has 36 heavy (non-hydrogen) atoms. The lowest BCUT2D eigenvalue weighted by molar-refractivity contribution is -0.143. The average Bonchev–Trinajstić information content (AvgIpc) is 2.86. The monoisotopic (exact) mass is 514 g/mol. The normalized spacial score (nSPS) is 12.2. The maximum Gasteiger partial charge on any atom is 0.316 e. The Hall–Kier alpha value is -3.12. The van der Waals surface area contributed by atoms with Crippen LogP contribution < -0.4 is 23.7 Å². The van der Waals surface area contributed by atoms with Crippen molar-refractivity contribution in [1.29, 1.82) is 0 Å². The highest BCUT2D eigenvalue weighted by Gasteiger charge is 2.31. The smallest absolute Gasteiger partial charge is 0.316 e.